The Morgan fingerprint density at radius 1 is 1.29 bits per heavy atom. The van der Waals surface area contributed by atoms with Crippen molar-refractivity contribution in [2.75, 3.05) is 31.6 Å². The summed E-state index contributed by atoms with van der Waals surface area (Å²) in [6.07, 6.45) is 4.95. The van der Waals surface area contributed by atoms with E-state index in [1.165, 1.54) is 4.68 Å². The van der Waals surface area contributed by atoms with Crippen LogP contribution >= 0.6 is 11.6 Å². The highest BCUT2D eigenvalue weighted by atomic mass is 35.5. The molecule has 8 nitrogen and oxygen atoms in total. The van der Waals surface area contributed by atoms with Gasteiger partial charge in [-0.05, 0) is 62.7 Å². The summed E-state index contributed by atoms with van der Waals surface area (Å²) in [4.78, 5) is 13.6. The van der Waals surface area contributed by atoms with Crippen LogP contribution in [-0.2, 0) is 14.4 Å². The molecule has 0 radical (unpaired) electrons. The number of halogens is 1. The van der Waals surface area contributed by atoms with Crippen LogP contribution in [0.2, 0.25) is 5.02 Å². The SMILES string of the molecule is C=S(=O)(c1ccc(C#N)cc1)N1CCC(n2ncc(N[C@@H](C)[C@@H]3CCCOC3)c(Cl)c2=O)CC1. The Balaban J connectivity index is 1.42. The first kappa shape index (κ1) is 24.7. The minimum atomic E-state index is -2.67. The summed E-state index contributed by atoms with van der Waals surface area (Å²) < 4.78 is 22.3. The minimum Gasteiger partial charge on any atom is -0.381 e. The van der Waals surface area contributed by atoms with Gasteiger partial charge in [-0.25, -0.2) is 13.2 Å². The molecule has 1 N–H and O–H groups in total. The average Bonchev–Trinajstić information content (AvgIpc) is 2.87. The summed E-state index contributed by atoms with van der Waals surface area (Å²) in [5.74, 6) is 4.34. The molecule has 3 atom stereocenters. The van der Waals surface area contributed by atoms with E-state index in [0.717, 1.165) is 19.4 Å². The van der Waals surface area contributed by atoms with E-state index in [4.69, 9.17) is 21.6 Å². The number of rotatable bonds is 6. The highest BCUT2D eigenvalue weighted by Crippen LogP contribution is 2.28. The van der Waals surface area contributed by atoms with Gasteiger partial charge in [0, 0.05) is 36.6 Å². The third-order valence-corrected chi connectivity index (χ3v) is 9.34. The lowest BCUT2D eigenvalue weighted by molar-refractivity contribution is 0.0496. The number of ether oxygens (including phenoxy) is 1. The second-order valence-corrected chi connectivity index (χ2v) is 11.6. The van der Waals surface area contributed by atoms with Gasteiger partial charge in [0.1, 0.15) is 5.02 Å². The van der Waals surface area contributed by atoms with Gasteiger partial charge in [-0.3, -0.25) is 4.79 Å². The molecular weight excluding hydrogens is 474 g/mol. The molecule has 4 rings (SSSR count). The molecule has 2 saturated heterocycles. The Hall–Kier alpha value is -2.38. The maximum absolute atomic E-state index is 13.4. The van der Waals surface area contributed by atoms with Gasteiger partial charge in [0.2, 0.25) is 0 Å². The fourth-order valence-corrected chi connectivity index (χ4v) is 6.45. The lowest BCUT2D eigenvalue weighted by Gasteiger charge is -2.34. The van der Waals surface area contributed by atoms with Gasteiger partial charge in [-0.15, -0.1) is 0 Å². The molecule has 2 aliphatic rings. The van der Waals surface area contributed by atoms with Crippen molar-refractivity contribution in [3.05, 3.63) is 51.4 Å². The molecule has 1 aromatic carbocycles. The van der Waals surface area contributed by atoms with Crippen LogP contribution in [0.1, 0.15) is 44.2 Å². The zero-order chi connectivity index (χ0) is 24.3. The zero-order valence-corrected chi connectivity index (χ0v) is 20.9. The van der Waals surface area contributed by atoms with Gasteiger partial charge >= 0.3 is 0 Å². The zero-order valence-electron chi connectivity index (χ0n) is 19.3. The van der Waals surface area contributed by atoms with Gasteiger partial charge in [-0.2, -0.15) is 10.4 Å². The second kappa shape index (κ2) is 10.5. The van der Waals surface area contributed by atoms with Crippen molar-refractivity contribution < 1.29 is 8.95 Å². The van der Waals surface area contributed by atoms with Gasteiger partial charge < -0.3 is 10.1 Å². The third-order valence-electron chi connectivity index (χ3n) is 6.77. The van der Waals surface area contributed by atoms with Gasteiger partial charge in [0.25, 0.3) is 5.56 Å². The van der Waals surface area contributed by atoms with E-state index in [0.29, 0.717) is 54.6 Å². The van der Waals surface area contributed by atoms with Gasteiger partial charge in [0.05, 0.1) is 45.9 Å². The molecule has 0 aliphatic carbocycles. The monoisotopic (exact) mass is 503 g/mol. The van der Waals surface area contributed by atoms with E-state index < -0.39 is 9.71 Å². The van der Waals surface area contributed by atoms with Crippen LogP contribution in [0.5, 0.6) is 0 Å². The molecule has 0 bridgehead atoms. The van der Waals surface area contributed by atoms with E-state index in [1.54, 1.807) is 30.5 Å². The van der Waals surface area contributed by atoms with Crippen LogP contribution < -0.4 is 10.9 Å². The van der Waals surface area contributed by atoms with Crippen molar-refractivity contribution in [2.24, 2.45) is 5.92 Å². The maximum Gasteiger partial charge on any atom is 0.287 e. The van der Waals surface area contributed by atoms with Gasteiger partial charge in [-0.1, -0.05) is 11.6 Å². The summed E-state index contributed by atoms with van der Waals surface area (Å²) in [6.45, 7) is 4.60. The number of benzene rings is 1. The summed E-state index contributed by atoms with van der Waals surface area (Å²) in [5, 5.41) is 16.9. The van der Waals surface area contributed by atoms with E-state index in [9.17, 15) is 9.00 Å². The van der Waals surface area contributed by atoms with E-state index in [-0.39, 0.29) is 22.7 Å². The topological polar surface area (TPSA) is 100 Å². The number of nitrogens with one attached hydrogen (secondary N) is 1. The van der Waals surface area contributed by atoms with Crippen LogP contribution in [-0.4, -0.2) is 56.5 Å². The molecule has 0 spiro atoms. The first-order valence-electron chi connectivity index (χ1n) is 11.6. The molecule has 0 saturated carbocycles. The number of nitriles is 1. The van der Waals surface area contributed by atoms with Crippen LogP contribution in [0.25, 0.3) is 0 Å². The lowest BCUT2D eigenvalue weighted by Crippen LogP contribution is -2.41. The number of aromatic nitrogens is 2. The summed E-state index contributed by atoms with van der Waals surface area (Å²) in [7, 11) is -2.67. The first-order chi connectivity index (χ1) is 16.3. The van der Waals surface area contributed by atoms with Crippen LogP contribution in [0.3, 0.4) is 0 Å². The average molecular weight is 504 g/mol. The molecule has 1 aromatic heterocycles. The molecule has 34 heavy (non-hydrogen) atoms. The van der Waals surface area contributed by atoms with Crippen LogP contribution in [0, 0.1) is 17.2 Å². The number of hydrogen-bond donors (Lipinski definition) is 1. The molecule has 0 amide bonds. The van der Waals surface area contributed by atoms with Gasteiger partial charge in [0.15, 0.2) is 0 Å². The summed E-state index contributed by atoms with van der Waals surface area (Å²) >= 11 is 6.45. The Morgan fingerprint density at radius 3 is 2.62 bits per heavy atom. The third kappa shape index (κ3) is 5.15. The Labute approximate surface area is 205 Å². The summed E-state index contributed by atoms with van der Waals surface area (Å²) in [5.41, 5.74) is 0.735. The standard InChI is InChI=1S/C24H30ClN5O3S/c1-17(19-4-3-13-33-16-19)28-22-15-27-30(24(31)23(22)25)20-9-11-29(12-10-20)34(2,32)21-7-5-18(14-26)6-8-21/h5-8,15,17,19-20,28H,2-4,9-13,16H2,1H3/t17-,19+,34?/m0/s1. The molecule has 10 heteroatoms. The number of nitrogens with zero attached hydrogens (tertiary/aromatic N) is 4. The van der Waals surface area contributed by atoms with Crippen molar-refractivity contribution in [2.45, 2.75) is 49.6 Å². The molecule has 1 unspecified atom stereocenters. The largest absolute Gasteiger partial charge is 0.381 e. The second-order valence-electron chi connectivity index (χ2n) is 8.97. The number of hydrogen-bond acceptors (Lipinski definition) is 6. The number of piperidine rings is 1. The highest BCUT2D eigenvalue weighted by molar-refractivity contribution is 7.98. The molecular formula is C24H30ClN5O3S. The van der Waals surface area contributed by atoms with Crippen molar-refractivity contribution in [1.29, 1.82) is 5.26 Å². The highest BCUT2D eigenvalue weighted by Gasteiger charge is 2.28. The van der Waals surface area contributed by atoms with Crippen molar-refractivity contribution in [3.8, 4) is 6.07 Å². The van der Waals surface area contributed by atoms with Crippen molar-refractivity contribution in [3.63, 3.8) is 0 Å². The van der Waals surface area contributed by atoms with Crippen LogP contribution in [0.4, 0.5) is 5.69 Å². The Morgan fingerprint density at radius 2 is 2.00 bits per heavy atom. The van der Waals surface area contributed by atoms with Crippen molar-refractivity contribution >= 4 is 32.9 Å². The Kier molecular flexibility index (Phi) is 7.63. The first-order valence-corrected chi connectivity index (χ1v) is 13.6. The minimum absolute atomic E-state index is 0.116. The lowest BCUT2D eigenvalue weighted by atomic mass is 9.95. The fourth-order valence-electron chi connectivity index (χ4n) is 4.60. The molecule has 2 aromatic rings. The van der Waals surface area contributed by atoms with E-state index in [1.807, 2.05) is 4.31 Å². The predicted octanol–water partition coefficient (Wildman–Crippen LogP) is 3.32. The predicted molar refractivity (Wildman–Crippen MR) is 135 cm³/mol. The number of anilines is 1. The normalized spacial score (nSPS) is 22.4. The fraction of sp³-hybridized carbons (Fsp3) is 0.500. The quantitative estimate of drug-likeness (QED) is 0.607. The van der Waals surface area contributed by atoms with E-state index in [2.05, 4.69) is 29.3 Å². The van der Waals surface area contributed by atoms with Crippen LogP contribution in [0.15, 0.2) is 40.2 Å². The molecule has 2 fully saturated rings. The molecule has 3 heterocycles. The Bertz CT molecular complexity index is 1210. The molecule has 2 aliphatic heterocycles. The molecule has 182 valence electrons. The maximum atomic E-state index is 13.4. The van der Waals surface area contributed by atoms with Crippen molar-refractivity contribution in [1.82, 2.24) is 14.1 Å². The summed E-state index contributed by atoms with van der Waals surface area (Å²) in [6, 6.07) is 8.73. The van der Waals surface area contributed by atoms with E-state index >= 15 is 0 Å². The smallest absolute Gasteiger partial charge is 0.287 e.